The molecule has 0 aliphatic rings. The molecule has 8 heteroatoms. The van der Waals surface area contributed by atoms with E-state index in [0.29, 0.717) is 19.8 Å². The number of aliphatic carboxylic acids is 1. The van der Waals surface area contributed by atoms with Gasteiger partial charge < -0.3 is 25.2 Å². The van der Waals surface area contributed by atoms with E-state index in [4.69, 9.17) is 14.6 Å². The van der Waals surface area contributed by atoms with Gasteiger partial charge in [0.1, 0.15) is 12.6 Å². The topological polar surface area (TPSA) is 114 Å². The van der Waals surface area contributed by atoms with E-state index < -0.39 is 17.9 Å². The van der Waals surface area contributed by atoms with Crippen LogP contribution in [0, 0.1) is 0 Å². The first-order chi connectivity index (χ1) is 8.93. The second-order valence-corrected chi connectivity index (χ2v) is 3.78. The fourth-order valence-corrected chi connectivity index (χ4v) is 1.03. The largest absolute Gasteiger partial charge is 0.480 e. The quantitative estimate of drug-likeness (QED) is 0.429. The van der Waals surface area contributed by atoms with Gasteiger partial charge in [-0.1, -0.05) is 0 Å². The lowest BCUT2D eigenvalue weighted by atomic mass is 10.3. The number of hydrogen-bond acceptors (Lipinski definition) is 5. The number of ether oxygens (including phenoxy) is 2. The lowest BCUT2D eigenvalue weighted by molar-refractivity contribution is -0.142. The molecule has 8 nitrogen and oxygen atoms in total. The van der Waals surface area contributed by atoms with Gasteiger partial charge in [0, 0.05) is 13.5 Å². The lowest BCUT2D eigenvalue weighted by Gasteiger charge is -2.09. The Bertz CT molecular complexity index is 308. The number of rotatable bonds is 10. The van der Waals surface area contributed by atoms with E-state index in [0.717, 1.165) is 0 Å². The molecule has 0 heterocycles. The molecule has 0 aliphatic heterocycles. The standard InChI is InChI=1S/C11H20N2O6/c1-8(11(16)17)13-10(15)7-19-6-5-18-4-3-12-9(2)14/h8H,3-7H2,1-2H3,(H,12,14)(H,13,15)(H,16,17). The summed E-state index contributed by atoms with van der Waals surface area (Å²) in [6.45, 7) is 3.87. The van der Waals surface area contributed by atoms with Gasteiger partial charge in [-0.3, -0.25) is 14.4 Å². The molecule has 0 aliphatic carbocycles. The van der Waals surface area contributed by atoms with Gasteiger partial charge in [-0.25, -0.2) is 0 Å². The summed E-state index contributed by atoms with van der Waals surface area (Å²) in [4.78, 5) is 32.1. The van der Waals surface area contributed by atoms with Crippen LogP contribution in [0.15, 0.2) is 0 Å². The minimum absolute atomic E-state index is 0.121. The van der Waals surface area contributed by atoms with Crippen molar-refractivity contribution in [1.29, 1.82) is 0 Å². The third kappa shape index (κ3) is 11.2. The molecule has 1 unspecified atom stereocenters. The van der Waals surface area contributed by atoms with Crippen LogP contribution in [-0.2, 0) is 23.9 Å². The normalized spacial score (nSPS) is 11.7. The predicted octanol–water partition coefficient (Wildman–Crippen LogP) is -1.25. The second kappa shape index (κ2) is 10.3. The number of amides is 2. The van der Waals surface area contributed by atoms with Crippen molar-refractivity contribution in [1.82, 2.24) is 10.6 Å². The summed E-state index contributed by atoms with van der Waals surface area (Å²) in [5.41, 5.74) is 0. The first kappa shape index (κ1) is 17.3. The number of carbonyl (C=O) groups excluding carboxylic acids is 2. The summed E-state index contributed by atoms with van der Waals surface area (Å²) in [6, 6.07) is -0.940. The van der Waals surface area contributed by atoms with E-state index in [1.165, 1.54) is 13.8 Å². The Morgan fingerprint density at radius 3 is 2.37 bits per heavy atom. The van der Waals surface area contributed by atoms with Crippen LogP contribution in [0.4, 0.5) is 0 Å². The van der Waals surface area contributed by atoms with Gasteiger partial charge in [0.25, 0.3) is 0 Å². The maximum atomic E-state index is 11.2. The van der Waals surface area contributed by atoms with E-state index in [-0.39, 0.29) is 19.1 Å². The molecule has 3 N–H and O–H groups in total. The van der Waals surface area contributed by atoms with Gasteiger partial charge >= 0.3 is 5.97 Å². The Balaban J connectivity index is 3.37. The zero-order chi connectivity index (χ0) is 14.7. The van der Waals surface area contributed by atoms with E-state index in [1.54, 1.807) is 0 Å². The number of carboxylic acid groups (broad SMARTS) is 1. The van der Waals surface area contributed by atoms with E-state index in [1.807, 2.05) is 0 Å². The van der Waals surface area contributed by atoms with Crippen LogP contribution < -0.4 is 10.6 Å². The maximum absolute atomic E-state index is 11.2. The van der Waals surface area contributed by atoms with Crippen molar-refractivity contribution < 1.29 is 29.0 Å². The zero-order valence-corrected chi connectivity index (χ0v) is 11.1. The Morgan fingerprint density at radius 1 is 1.16 bits per heavy atom. The van der Waals surface area contributed by atoms with E-state index in [9.17, 15) is 14.4 Å². The third-order valence-corrected chi connectivity index (χ3v) is 1.97. The summed E-state index contributed by atoms with van der Waals surface area (Å²) in [7, 11) is 0. The molecule has 2 amide bonds. The minimum Gasteiger partial charge on any atom is -0.480 e. The molecular formula is C11H20N2O6. The van der Waals surface area contributed by atoms with Crippen LogP contribution in [0.25, 0.3) is 0 Å². The highest BCUT2D eigenvalue weighted by Crippen LogP contribution is 1.83. The summed E-state index contributed by atoms with van der Waals surface area (Å²) in [6.07, 6.45) is 0. The number of nitrogens with one attached hydrogen (secondary N) is 2. The molecule has 110 valence electrons. The summed E-state index contributed by atoms with van der Waals surface area (Å²) >= 11 is 0. The van der Waals surface area contributed by atoms with Gasteiger partial charge in [-0.05, 0) is 6.92 Å². The molecule has 19 heavy (non-hydrogen) atoms. The molecule has 0 fully saturated rings. The lowest BCUT2D eigenvalue weighted by Crippen LogP contribution is -2.40. The van der Waals surface area contributed by atoms with Crippen LogP contribution in [0.1, 0.15) is 13.8 Å². The highest BCUT2D eigenvalue weighted by molar-refractivity contribution is 5.83. The summed E-state index contributed by atoms with van der Waals surface area (Å²) in [5.74, 6) is -1.72. The van der Waals surface area contributed by atoms with Crippen molar-refractivity contribution in [3.05, 3.63) is 0 Å². The van der Waals surface area contributed by atoms with Gasteiger partial charge in [0.15, 0.2) is 0 Å². The van der Waals surface area contributed by atoms with Gasteiger partial charge in [-0.2, -0.15) is 0 Å². The van der Waals surface area contributed by atoms with E-state index in [2.05, 4.69) is 10.6 Å². The molecule has 0 aromatic carbocycles. The Hall–Kier alpha value is -1.67. The second-order valence-electron chi connectivity index (χ2n) is 3.78. The van der Waals surface area contributed by atoms with Gasteiger partial charge in [-0.15, -0.1) is 0 Å². The van der Waals surface area contributed by atoms with E-state index >= 15 is 0 Å². The molecule has 0 bridgehead atoms. The Labute approximate surface area is 111 Å². The van der Waals surface area contributed by atoms with Crippen LogP contribution in [0.2, 0.25) is 0 Å². The predicted molar refractivity (Wildman–Crippen MR) is 65.6 cm³/mol. The van der Waals surface area contributed by atoms with Crippen molar-refractivity contribution in [2.24, 2.45) is 0 Å². The molecule has 0 radical (unpaired) electrons. The molecule has 0 rings (SSSR count). The van der Waals surface area contributed by atoms with Crippen LogP contribution in [0.3, 0.4) is 0 Å². The maximum Gasteiger partial charge on any atom is 0.325 e. The van der Waals surface area contributed by atoms with Crippen molar-refractivity contribution in [2.75, 3.05) is 33.0 Å². The summed E-state index contributed by atoms with van der Waals surface area (Å²) < 4.78 is 10.1. The summed E-state index contributed by atoms with van der Waals surface area (Å²) in [5, 5.41) is 13.4. The first-order valence-electron chi connectivity index (χ1n) is 5.85. The zero-order valence-electron chi connectivity index (χ0n) is 11.1. The molecule has 0 aromatic rings. The average molecular weight is 276 g/mol. The average Bonchev–Trinajstić information content (AvgIpc) is 2.31. The fourth-order valence-electron chi connectivity index (χ4n) is 1.03. The highest BCUT2D eigenvalue weighted by Gasteiger charge is 2.13. The molecule has 0 saturated carbocycles. The molecule has 0 spiro atoms. The molecular weight excluding hydrogens is 256 g/mol. The monoisotopic (exact) mass is 276 g/mol. The van der Waals surface area contributed by atoms with Crippen LogP contribution >= 0.6 is 0 Å². The highest BCUT2D eigenvalue weighted by atomic mass is 16.5. The number of carbonyl (C=O) groups is 3. The van der Waals surface area contributed by atoms with Crippen molar-refractivity contribution in [3.63, 3.8) is 0 Å². The third-order valence-electron chi connectivity index (χ3n) is 1.97. The van der Waals surface area contributed by atoms with Crippen molar-refractivity contribution >= 4 is 17.8 Å². The van der Waals surface area contributed by atoms with Crippen LogP contribution in [0.5, 0.6) is 0 Å². The Morgan fingerprint density at radius 2 is 1.79 bits per heavy atom. The minimum atomic E-state index is -1.10. The fraction of sp³-hybridized carbons (Fsp3) is 0.727. The Kier molecular flexibility index (Phi) is 9.37. The smallest absolute Gasteiger partial charge is 0.325 e. The van der Waals surface area contributed by atoms with Crippen LogP contribution in [-0.4, -0.2) is 61.9 Å². The number of carboxylic acids is 1. The van der Waals surface area contributed by atoms with Gasteiger partial charge in [0.2, 0.25) is 11.8 Å². The molecule has 0 aromatic heterocycles. The first-order valence-corrected chi connectivity index (χ1v) is 5.85. The SMILES string of the molecule is CC(=O)NCCOCCOCC(=O)NC(C)C(=O)O. The van der Waals surface area contributed by atoms with Gasteiger partial charge in [0.05, 0.1) is 19.8 Å². The molecule has 0 saturated heterocycles. The number of hydrogen-bond donors (Lipinski definition) is 3. The van der Waals surface area contributed by atoms with Crippen molar-refractivity contribution in [3.8, 4) is 0 Å². The molecule has 1 atom stereocenters. The van der Waals surface area contributed by atoms with Crippen molar-refractivity contribution in [2.45, 2.75) is 19.9 Å².